The molecule has 0 N–H and O–H groups in total. The van der Waals surface area contributed by atoms with E-state index in [9.17, 15) is 0 Å². The van der Waals surface area contributed by atoms with Crippen LogP contribution in [0.2, 0.25) is 0 Å². The first-order valence-electron chi connectivity index (χ1n) is 12.5. The molecule has 0 saturated carbocycles. The lowest BCUT2D eigenvalue weighted by molar-refractivity contribution is 0.542. The molecule has 0 aliphatic heterocycles. The van der Waals surface area contributed by atoms with Crippen LogP contribution in [0, 0.1) is 25.7 Å². The van der Waals surface area contributed by atoms with Gasteiger partial charge in [0.15, 0.2) is 0 Å². The van der Waals surface area contributed by atoms with E-state index in [0.717, 1.165) is 25.7 Å². The van der Waals surface area contributed by atoms with Crippen LogP contribution < -0.4 is 0 Å². The predicted molar refractivity (Wildman–Crippen MR) is 125 cm³/mol. The van der Waals surface area contributed by atoms with E-state index in [1.165, 1.54) is 122 Å². The molecule has 0 atom stereocenters. The maximum absolute atomic E-state index is 3.90. The smallest absolute Gasteiger partial charge is 0.00886 e. The molecule has 27 heavy (non-hydrogen) atoms. The maximum Gasteiger partial charge on any atom is 0.00886 e. The molecule has 0 rings (SSSR count). The molecule has 0 aromatic rings. The summed E-state index contributed by atoms with van der Waals surface area (Å²) in [4.78, 5) is 0. The Balaban J connectivity index is 3.07. The van der Waals surface area contributed by atoms with Crippen molar-refractivity contribution < 1.29 is 0 Å². The third kappa shape index (κ3) is 25.6. The Kier molecular flexibility index (Phi) is 25.1. The van der Waals surface area contributed by atoms with Crippen LogP contribution in [-0.2, 0) is 0 Å². The maximum atomic E-state index is 3.90. The van der Waals surface area contributed by atoms with Crippen LogP contribution in [0.3, 0.4) is 0 Å². The standard InChI is InChI=1S/C27H50/c1-3-5-7-9-11-13-15-17-19-21-23-25-27-26-24-22-20-18-16-14-12-10-8-6-4-2/h1-21,23,25-27H2. The molecule has 0 bridgehead atoms. The molecule has 0 aliphatic rings. The summed E-state index contributed by atoms with van der Waals surface area (Å²) in [7, 11) is 0. The van der Waals surface area contributed by atoms with Gasteiger partial charge in [0, 0.05) is 12.8 Å². The lowest BCUT2D eigenvalue weighted by atomic mass is 10.0. The topological polar surface area (TPSA) is 0 Å². The van der Waals surface area contributed by atoms with Crippen molar-refractivity contribution in [2.24, 2.45) is 0 Å². The summed E-state index contributed by atoms with van der Waals surface area (Å²) in [5, 5.41) is 0. The highest BCUT2D eigenvalue weighted by Gasteiger charge is 1.93. The molecule has 2 radical (unpaired) electrons. The predicted octanol–water partition coefficient (Wildman–Crippen LogP) is 9.63. The van der Waals surface area contributed by atoms with E-state index in [1.54, 1.807) is 0 Å². The van der Waals surface area contributed by atoms with Crippen LogP contribution in [0.25, 0.3) is 0 Å². The minimum atomic E-state index is 1.10. The van der Waals surface area contributed by atoms with Gasteiger partial charge >= 0.3 is 0 Å². The summed E-state index contributed by atoms with van der Waals surface area (Å²) in [5.74, 6) is 6.76. The van der Waals surface area contributed by atoms with Gasteiger partial charge in [-0.1, -0.05) is 136 Å². The van der Waals surface area contributed by atoms with E-state index >= 15 is 0 Å². The van der Waals surface area contributed by atoms with E-state index in [4.69, 9.17) is 0 Å². The van der Waals surface area contributed by atoms with Gasteiger partial charge in [0.1, 0.15) is 0 Å². The molecule has 0 amide bonds. The van der Waals surface area contributed by atoms with E-state index in [-0.39, 0.29) is 0 Å². The van der Waals surface area contributed by atoms with Gasteiger partial charge in [-0.3, -0.25) is 0 Å². The van der Waals surface area contributed by atoms with Gasteiger partial charge in [-0.2, -0.15) is 0 Å². The SMILES string of the molecule is [CH2]CCCCCCCCCC#CCCCCCCCCCCCCCC[CH2]. The van der Waals surface area contributed by atoms with Crippen molar-refractivity contribution in [1.29, 1.82) is 0 Å². The number of rotatable bonds is 21. The fourth-order valence-electron chi connectivity index (χ4n) is 3.61. The Bertz CT molecular complexity index is 306. The molecule has 0 saturated heterocycles. The minimum absolute atomic E-state index is 1.10. The average molecular weight is 375 g/mol. The molecule has 0 fully saturated rings. The molecule has 0 aliphatic carbocycles. The molecule has 0 nitrogen and oxygen atoms in total. The minimum Gasteiger partial charge on any atom is -0.103 e. The van der Waals surface area contributed by atoms with Crippen molar-refractivity contribution in [2.45, 2.75) is 148 Å². The van der Waals surface area contributed by atoms with Gasteiger partial charge in [0.05, 0.1) is 0 Å². The van der Waals surface area contributed by atoms with Crippen molar-refractivity contribution in [3.8, 4) is 11.8 Å². The zero-order chi connectivity index (χ0) is 19.7. The molecular formula is C27H50. The molecule has 0 heterocycles. The second kappa shape index (κ2) is 25.6. The number of hydrogen-bond donors (Lipinski definition) is 0. The lowest BCUT2D eigenvalue weighted by Gasteiger charge is -2.02. The highest BCUT2D eigenvalue weighted by Crippen LogP contribution is 2.13. The fourth-order valence-corrected chi connectivity index (χ4v) is 3.61. The van der Waals surface area contributed by atoms with Gasteiger partial charge in [0.2, 0.25) is 0 Å². The zero-order valence-electron chi connectivity index (χ0n) is 18.7. The first-order chi connectivity index (χ1) is 13.4. The van der Waals surface area contributed by atoms with Crippen LogP contribution in [-0.4, -0.2) is 0 Å². The van der Waals surface area contributed by atoms with E-state index < -0.39 is 0 Å². The summed E-state index contributed by atoms with van der Waals surface area (Å²) in [5.41, 5.74) is 0. The lowest BCUT2D eigenvalue weighted by Crippen LogP contribution is -1.83. The zero-order valence-corrected chi connectivity index (χ0v) is 18.7. The van der Waals surface area contributed by atoms with Gasteiger partial charge in [-0.05, 0) is 12.8 Å². The van der Waals surface area contributed by atoms with Crippen LogP contribution >= 0.6 is 0 Å². The quantitative estimate of drug-likeness (QED) is 0.138. The number of unbranched alkanes of at least 4 members (excludes halogenated alkanes) is 21. The van der Waals surface area contributed by atoms with Crippen LogP contribution in [0.4, 0.5) is 0 Å². The highest BCUT2D eigenvalue weighted by atomic mass is 14.0. The Labute approximate surface area is 173 Å². The van der Waals surface area contributed by atoms with Crippen molar-refractivity contribution >= 4 is 0 Å². The monoisotopic (exact) mass is 374 g/mol. The summed E-state index contributed by atoms with van der Waals surface area (Å²) in [6, 6.07) is 0. The van der Waals surface area contributed by atoms with Crippen molar-refractivity contribution in [3.63, 3.8) is 0 Å². The third-order valence-electron chi connectivity index (χ3n) is 5.48. The fraction of sp³-hybridized carbons (Fsp3) is 0.852. The molecule has 0 aromatic carbocycles. The van der Waals surface area contributed by atoms with Gasteiger partial charge in [0.25, 0.3) is 0 Å². The normalized spacial score (nSPS) is 10.7. The van der Waals surface area contributed by atoms with E-state index in [2.05, 4.69) is 25.7 Å². The van der Waals surface area contributed by atoms with Gasteiger partial charge in [-0.15, -0.1) is 11.8 Å². The van der Waals surface area contributed by atoms with Crippen molar-refractivity contribution in [3.05, 3.63) is 13.8 Å². The molecule has 0 aromatic heterocycles. The molecule has 0 spiro atoms. The van der Waals surface area contributed by atoms with E-state index in [1.807, 2.05) is 0 Å². The number of hydrogen-bond acceptors (Lipinski definition) is 0. The Morgan fingerprint density at radius 2 is 0.519 bits per heavy atom. The summed E-state index contributed by atoms with van der Waals surface area (Å²) in [6.07, 6.45) is 30.9. The van der Waals surface area contributed by atoms with Crippen LogP contribution in [0.1, 0.15) is 148 Å². The molecule has 0 unspecified atom stereocenters. The van der Waals surface area contributed by atoms with Gasteiger partial charge < -0.3 is 0 Å². The molecule has 0 heteroatoms. The Morgan fingerprint density at radius 1 is 0.296 bits per heavy atom. The molecule has 158 valence electrons. The van der Waals surface area contributed by atoms with Crippen molar-refractivity contribution in [1.82, 2.24) is 0 Å². The van der Waals surface area contributed by atoms with E-state index in [0.29, 0.717) is 0 Å². The second-order valence-electron chi connectivity index (χ2n) is 8.28. The first-order valence-corrected chi connectivity index (χ1v) is 12.5. The molecular weight excluding hydrogens is 324 g/mol. The first kappa shape index (κ1) is 26.6. The summed E-state index contributed by atoms with van der Waals surface area (Å²) < 4.78 is 0. The van der Waals surface area contributed by atoms with Crippen LogP contribution in [0.15, 0.2) is 0 Å². The largest absolute Gasteiger partial charge is 0.103 e. The summed E-state index contributed by atoms with van der Waals surface area (Å²) >= 11 is 0. The Morgan fingerprint density at radius 3 is 0.778 bits per heavy atom. The third-order valence-corrected chi connectivity index (χ3v) is 5.48. The summed E-state index contributed by atoms with van der Waals surface area (Å²) in [6.45, 7) is 7.80. The van der Waals surface area contributed by atoms with Gasteiger partial charge in [-0.25, -0.2) is 0 Å². The Hall–Kier alpha value is -0.440. The second-order valence-corrected chi connectivity index (χ2v) is 8.28. The average Bonchev–Trinajstić information content (AvgIpc) is 2.68. The highest BCUT2D eigenvalue weighted by molar-refractivity contribution is 4.98. The van der Waals surface area contributed by atoms with Crippen molar-refractivity contribution in [2.75, 3.05) is 0 Å². The van der Waals surface area contributed by atoms with Crippen LogP contribution in [0.5, 0.6) is 0 Å².